The Labute approximate surface area is 91.4 Å². The van der Waals surface area contributed by atoms with Crippen molar-refractivity contribution in [2.75, 3.05) is 0 Å². The summed E-state index contributed by atoms with van der Waals surface area (Å²) in [5, 5.41) is 1.10. The Hall–Kier alpha value is -0.710. The molecular formula is C10H12N2S2. The zero-order valence-corrected chi connectivity index (χ0v) is 9.84. The van der Waals surface area contributed by atoms with Gasteiger partial charge < -0.3 is 5.73 Å². The molecule has 0 spiro atoms. The van der Waals surface area contributed by atoms with Gasteiger partial charge in [0.25, 0.3) is 0 Å². The molecule has 2 N–H and O–H groups in total. The van der Waals surface area contributed by atoms with Gasteiger partial charge in [-0.3, -0.25) is 0 Å². The number of hydrogen-bond acceptors (Lipinski definition) is 4. The molecule has 0 aliphatic rings. The molecule has 2 aromatic heterocycles. The molecule has 0 aliphatic heterocycles. The van der Waals surface area contributed by atoms with Crippen LogP contribution in [0.5, 0.6) is 0 Å². The van der Waals surface area contributed by atoms with E-state index in [0.29, 0.717) is 6.54 Å². The van der Waals surface area contributed by atoms with Gasteiger partial charge in [-0.15, -0.1) is 22.7 Å². The van der Waals surface area contributed by atoms with Crippen molar-refractivity contribution in [3.8, 4) is 9.88 Å². The second kappa shape index (κ2) is 3.81. The van der Waals surface area contributed by atoms with Crippen LogP contribution < -0.4 is 5.73 Å². The first kappa shape index (κ1) is 9.83. The van der Waals surface area contributed by atoms with E-state index in [4.69, 9.17) is 5.73 Å². The summed E-state index contributed by atoms with van der Waals surface area (Å²) in [5.74, 6) is 0. The van der Waals surface area contributed by atoms with Gasteiger partial charge >= 0.3 is 0 Å². The first-order chi connectivity index (χ1) is 6.70. The first-order valence-electron chi connectivity index (χ1n) is 4.44. The van der Waals surface area contributed by atoms with Crippen molar-refractivity contribution in [2.45, 2.75) is 20.4 Å². The number of thiophene rings is 1. The molecular weight excluding hydrogens is 212 g/mol. The maximum absolute atomic E-state index is 5.59. The lowest BCUT2D eigenvalue weighted by Gasteiger charge is -1.88. The van der Waals surface area contributed by atoms with Crippen LogP contribution >= 0.6 is 22.7 Å². The lowest BCUT2D eigenvalue weighted by molar-refractivity contribution is 0.999. The summed E-state index contributed by atoms with van der Waals surface area (Å²) in [6.45, 7) is 4.72. The molecule has 0 fully saturated rings. The van der Waals surface area contributed by atoms with Crippen LogP contribution in [-0.4, -0.2) is 4.98 Å². The lowest BCUT2D eigenvalue weighted by atomic mass is 10.4. The van der Waals surface area contributed by atoms with Gasteiger partial charge in [-0.25, -0.2) is 4.98 Å². The Kier molecular flexibility index (Phi) is 2.67. The number of aryl methyl sites for hydroxylation is 2. The monoisotopic (exact) mass is 224 g/mol. The highest BCUT2D eigenvalue weighted by atomic mass is 32.1. The molecule has 14 heavy (non-hydrogen) atoms. The second-order valence-electron chi connectivity index (χ2n) is 3.14. The SMILES string of the molecule is Cc1ccc(-c2nc(CN)c(C)s2)s1. The van der Waals surface area contributed by atoms with E-state index in [-0.39, 0.29) is 0 Å². The van der Waals surface area contributed by atoms with Gasteiger partial charge in [0.15, 0.2) is 0 Å². The molecule has 2 heterocycles. The van der Waals surface area contributed by atoms with Crippen molar-refractivity contribution in [3.05, 3.63) is 27.6 Å². The molecule has 0 bridgehead atoms. The van der Waals surface area contributed by atoms with Gasteiger partial charge in [0.05, 0.1) is 10.6 Å². The minimum Gasteiger partial charge on any atom is -0.325 e. The second-order valence-corrected chi connectivity index (χ2v) is 5.63. The van der Waals surface area contributed by atoms with Crippen LogP contribution in [0.1, 0.15) is 15.4 Å². The van der Waals surface area contributed by atoms with E-state index < -0.39 is 0 Å². The van der Waals surface area contributed by atoms with E-state index in [2.05, 4.69) is 31.0 Å². The third kappa shape index (κ3) is 1.73. The molecule has 0 amide bonds. The summed E-state index contributed by atoms with van der Waals surface area (Å²) in [4.78, 5) is 8.31. The number of hydrogen-bond donors (Lipinski definition) is 1. The zero-order chi connectivity index (χ0) is 10.1. The normalized spacial score (nSPS) is 10.8. The van der Waals surface area contributed by atoms with Crippen LogP contribution in [0.4, 0.5) is 0 Å². The predicted molar refractivity (Wildman–Crippen MR) is 62.8 cm³/mol. The number of nitrogens with zero attached hydrogens (tertiary/aromatic N) is 1. The highest BCUT2D eigenvalue weighted by Crippen LogP contribution is 2.32. The molecule has 74 valence electrons. The molecule has 0 saturated heterocycles. The summed E-state index contributed by atoms with van der Waals surface area (Å²) in [6.07, 6.45) is 0. The summed E-state index contributed by atoms with van der Waals surface area (Å²) in [5.41, 5.74) is 6.62. The minimum absolute atomic E-state index is 0.534. The van der Waals surface area contributed by atoms with Crippen molar-refractivity contribution >= 4 is 22.7 Å². The molecule has 0 saturated carbocycles. The minimum atomic E-state index is 0.534. The molecule has 4 heteroatoms. The third-order valence-electron chi connectivity index (χ3n) is 2.04. The molecule has 0 radical (unpaired) electrons. The van der Waals surface area contributed by atoms with Gasteiger partial charge in [-0.05, 0) is 26.0 Å². The molecule has 2 aromatic rings. The lowest BCUT2D eigenvalue weighted by Crippen LogP contribution is -1.97. The van der Waals surface area contributed by atoms with Crippen molar-refractivity contribution in [1.29, 1.82) is 0 Å². The fourth-order valence-corrected chi connectivity index (χ4v) is 3.14. The molecule has 0 aromatic carbocycles. The summed E-state index contributed by atoms with van der Waals surface area (Å²) < 4.78 is 0. The zero-order valence-electron chi connectivity index (χ0n) is 8.20. The van der Waals surface area contributed by atoms with E-state index in [1.807, 2.05) is 0 Å². The Morgan fingerprint density at radius 1 is 1.29 bits per heavy atom. The van der Waals surface area contributed by atoms with Gasteiger partial charge in [0.1, 0.15) is 5.01 Å². The fourth-order valence-electron chi connectivity index (χ4n) is 1.27. The summed E-state index contributed by atoms with van der Waals surface area (Å²) in [7, 11) is 0. The van der Waals surface area contributed by atoms with Crippen LogP contribution in [0.15, 0.2) is 12.1 Å². The van der Waals surface area contributed by atoms with Crippen molar-refractivity contribution < 1.29 is 0 Å². The molecule has 0 atom stereocenters. The molecule has 0 aliphatic carbocycles. The predicted octanol–water partition coefficient (Wildman–Crippen LogP) is 2.95. The fraction of sp³-hybridized carbons (Fsp3) is 0.300. The largest absolute Gasteiger partial charge is 0.325 e. The Morgan fingerprint density at radius 2 is 2.07 bits per heavy atom. The topological polar surface area (TPSA) is 38.9 Å². The highest BCUT2D eigenvalue weighted by Gasteiger charge is 2.09. The van der Waals surface area contributed by atoms with Crippen LogP contribution in [0.2, 0.25) is 0 Å². The first-order valence-corrected chi connectivity index (χ1v) is 6.07. The number of rotatable bonds is 2. The van der Waals surface area contributed by atoms with Crippen LogP contribution in [0, 0.1) is 13.8 Å². The van der Waals surface area contributed by atoms with Crippen molar-refractivity contribution in [1.82, 2.24) is 4.98 Å². The van der Waals surface area contributed by atoms with Crippen LogP contribution in [-0.2, 0) is 6.54 Å². The maximum atomic E-state index is 5.59. The van der Waals surface area contributed by atoms with Crippen LogP contribution in [0.25, 0.3) is 9.88 Å². The summed E-state index contributed by atoms with van der Waals surface area (Å²) >= 11 is 3.51. The van der Waals surface area contributed by atoms with Gasteiger partial charge in [-0.2, -0.15) is 0 Å². The van der Waals surface area contributed by atoms with E-state index in [1.165, 1.54) is 14.6 Å². The van der Waals surface area contributed by atoms with E-state index in [9.17, 15) is 0 Å². The average molecular weight is 224 g/mol. The standard InChI is InChI=1S/C10H12N2S2/c1-6-3-4-9(13-6)10-12-8(5-11)7(2)14-10/h3-4H,5,11H2,1-2H3. The third-order valence-corrected chi connectivity index (χ3v) is 4.22. The number of thiazole rings is 1. The molecule has 2 rings (SSSR count). The average Bonchev–Trinajstić information content (AvgIpc) is 2.71. The van der Waals surface area contributed by atoms with Crippen LogP contribution in [0.3, 0.4) is 0 Å². The van der Waals surface area contributed by atoms with E-state index in [0.717, 1.165) is 10.7 Å². The number of aromatic nitrogens is 1. The number of nitrogens with two attached hydrogens (primary N) is 1. The molecule has 2 nitrogen and oxygen atoms in total. The quantitative estimate of drug-likeness (QED) is 0.851. The van der Waals surface area contributed by atoms with E-state index in [1.54, 1.807) is 22.7 Å². The summed E-state index contributed by atoms with van der Waals surface area (Å²) in [6, 6.07) is 4.25. The van der Waals surface area contributed by atoms with Gasteiger partial charge in [0, 0.05) is 16.3 Å². The molecule has 0 unspecified atom stereocenters. The maximum Gasteiger partial charge on any atom is 0.133 e. The Bertz CT molecular complexity index is 443. The van der Waals surface area contributed by atoms with Gasteiger partial charge in [0.2, 0.25) is 0 Å². The van der Waals surface area contributed by atoms with Gasteiger partial charge in [-0.1, -0.05) is 0 Å². The highest BCUT2D eigenvalue weighted by molar-refractivity contribution is 7.21. The van der Waals surface area contributed by atoms with Crippen molar-refractivity contribution in [2.24, 2.45) is 5.73 Å². The Morgan fingerprint density at radius 3 is 2.57 bits per heavy atom. The van der Waals surface area contributed by atoms with Crippen molar-refractivity contribution in [3.63, 3.8) is 0 Å². The van der Waals surface area contributed by atoms with E-state index >= 15 is 0 Å². The smallest absolute Gasteiger partial charge is 0.133 e. The Balaban J connectivity index is 2.42.